The molecule has 5 heteroatoms. The third-order valence-electron chi connectivity index (χ3n) is 3.28. The topological polar surface area (TPSA) is 56.3 Å². The first-order valence-electron chi connectivity index (χ1n) is 6.30. The highest BCUT2D eigenvalue weighted by molar-refractivity contribution is 5.03. The molecular weight excluding hydrogens is 216 g/mol. The van der Waals surface area contributed by atoms with Gasteiger partial charge in [-0.25, -0.2) is 4.98 Å². The van der Waals surface area contributed by atoms with Crippen molar-refractivity contribution in [3.05, 3.63) is 18.2 Å². The Morgan fingerprint density at radius 1 is 1.65 bits per heavy atom. The number of nitrogens with two attached hydrogens (primary N) is 1. The highest BCUT2D eigenvalue weighted by Gasteiger charge is 2.20. The number of imidazole rings is 1. The SMILES string of the molecule is CCN1CCOC(Cn2cncc2[C@H](C)N)C1. The molecule has 2 heterocycles. The molecule has 1 aromatic heterocycles. The van der Waals surface area contributed by atoms with E-state index in [0.717, 1.165) is 38.5 Å². The highest BCUT2D eigenvalue weighted by Crippen LogP contribution is 2.12. The first kappa shape index (κ1) is 12.5. The molecule has 0 bridgehead atoms. The Morgan fingerprint density at radius 3 is 3.18 bits per heavy atom. The third kappa shape index (κ3) is 3.06. The molecule has 0 aromatic carbocycles. The molecule has 1 aliphatic rings. The molecule has 1 fully saturated rings. The molecule has 0 spiro atoms. The quantitative estimate of drug-likeness (QED) is 0.835. The van der Waals surface area contributed by atoms with Crippen LogP contribution in [-0.4, -0.2) is 46.8 Å². The Hall–Kier alpha value is -0.910. The van der Waals surface area contributed by atoms with Crippen LogP contribution in [0.25, 0.3) is 0 Å². The number of morpholine rings is 1. The van der Waals surface area contributed by atoms with Crippen LogP contribution < -0.4 is 5.73 Å². The van der Waals surface area contributed by atoms with E-state index in [1.807, 2.05) is 19.4 Å². The summed E-state index contributed by atoms with van der Waals surface area (Å²) in [6, 6.07) is 0.0170. The van der Waals surface area contributed by atoms with Crippen LogP contribution in [0.4, 0.5) is 0 Å². The van der Waals surface area contributed by atoms with E-state index in [-0.39, 0.29) is 12.1 Å². The Kier molecular flexibility index (Phi) is 4.15. The van der Waals surface area contributed by atoms with Gasteiger partial charge in [-0.15, -0.1) is 0 Å². The smallest absolute Gasteiger partial charge is 0.0949 e. The molecule has 1 aliphatic heterocycles. The highest BCUT2D eigenvalue weighted by atomic mass is 16.5. The van der Waals surface area contributed by atoms with E-state index in [9.17, 15) is 0 Å². The number of hydrogen-bond acceptors (Lipinski definition) is 4. The predicted octanol–water partition coefficient (Wildman–Crippen LogP) is 0.623. The van der Waals surface area contributed by atoms with Crippen LogP contribution in [0.3, 0.4) is 0 Å². The predicted molar refractivity (Wildman–Crippen MR) is 66.7 cm³/mol. The minimum absolute atomic E-state index is 0.0170. The van der Waals surface area contributed by atoms with Gasteiger partial charge in [0.15, 0.2) is 0 Å². The van der Waals surface area contributed by atoms with Crippen LogP contribution in [0.15, 0.2) is 12.5 Å². The van der Waals surface area contributed by atoms with Gasteiger partial charge in [-0.2, -0.15) is 0 Å². The second-order valence-electron chi connectivity index (χ2n) is 4.65. The first-order chi connectivity index (χ1) is 8.20. The van der Waals surface area contributed by atoms with Crippen molar-refractivity contribution < 1.29 is 4.74 Å². The molecule has 0 aliphatic carbocycles. The summed E-state index contributed by atoms with van der Waals surface area (Å²) in [6.45, 7) is 8.95. The summed E-state index contributed by atoms with van der Waals surface area (Å²) >= 11 is 0. The number of ether oxygens (including phenoxy) is 1. The first-order valence-corrected chi connectivity index (χ1v) is 6.30. The van der Waals surface area contributed by atoms with Crippen LogP contribution in [0.2, 0.25) is 0 Å². The minimum atomic E-state index is 0.0170. The number of rotatable bonds is 4. The van der Waals surface area contributed by atoms with Gasteiger partial charge in [0.05, 0.1) is 31.3 Å². The van der Waals surface area contributed by atoms with Crippen molar-refractivity contribution in [3.63, 3.8) is 0 Å². The van der Waals surface area contributed by atoms with E-state index in [1.165, 1.54) is 0 Å². The molecule has 1 saturated heterocycles. The average molecular weight is 238 g/mol. The summed E-state index contributed by atoms with van der Waals surface area (Å²) < 4.78 is 7.89. The zero-order valence-corrected chi connectivity index (χ0v) is 10.7. The average Bonchev–Trinajstić information content (AvgIpc) is 2.77. The summed E-state index contributed by atoms with van der Waals surface area (Å²) in [7, 11) is 0. The van der Waals surface area contributed by atoms with Crippen molar-refractivity contribution in [2.75, 3.05) is 26.2 Å². The van der Waals surface area contributed by atoms with Gasteiger partial charge in [0.2, 0.25) is 0 Å². The lowest BCUT2D eigenvalue weighted by molar-refractivity contribution is -0.0346. The zero-order chi connectivity index (χ0) is 12.3. The normalized spacial score (nSPS) is 23.8. The lowest BCUT2D eigenvalue weighted by atomic mass is 10.2. The van der Waals surface area contributed by atoms with Gasteiger partial charge in [-0.05, 0) is 13.5 Å². The standard InChI is InChI=1S/C12H22N4O/c1-3-15-4-5-17-11(7-15)8-16-9-14-6-12(16)10(2)13/h6,9-11H,3-5,7-8,13H2,1-2H3/t10-,11?/m0/s1. The number of hydrogen-bond donors (Lipinski definition) is 1. The Balaban J connectivity index is 1.98. The molecule has 5 nitrogen and oxygen atoms in total. The Labute approximate surface area is 103 Å². The summed E-state index contributed by atoms with van der Waals surface area (Å²) in [5.41, 5.74) is 6.98. The third-order valence-corrected chi connectivity index (χ3v) is 3.28. The van der Waals surface area contributed by atoms with Crippen molar-refractivity contribution in [1.29, 1.82) is 0 Å². The van der Waals surface area contributed by atoms with Crippen molar-refractivity contribution >= 4 is 0 Å². The van der Waals surface area contributed by atoms with E-state index in [0.29, 0.717) is 0 Å². The van der Waals surface area contributed by atoms with Gasteiger partial charge < -0.3 is 15.0 Å². The molecule has 2 atom stereocenters. The van der Waals surface area contributed by atoms with Crippen molar-refractivity contribution in [1.82, 2.24) is 14.5 Å². The summed E-state index contributed by atoms with van der Waals surface area (Å²) in [4.78, 5) is 6.58. The van der Waals surface area contributed by atoms with E-state index >= 15 is 0 Å². The van der Waals surface area contributed by atoms with Gasteiger partial charge in [-0.3, -0.25) is 4.90 Å². The maximum atomic E-state index is 5.91. The molecule has 96 valence electrons. The fourth-order valence-corrected chi connectivity index (χ4v) is 2.26. The van der Waals surface area contributed by atoms with Crippen LogP contribution in [0, 0.1) is 0 Å². The fraction of sp³-hybridized carbons (Fsp3) is 0.750. The van der Waals surface area contributed by atoms with Crippen molar-refractivity contribution in [2.24, 2.45) is 5.73 Å². The van der Waals surface area contributed by atoms with Gasteiger partial charge in [-0.1, -0.05) is 6.92 Å². The van der Waals surface area contributed by atoms with Gasteiger partial charge in [0.1, 0.15) is 0 Å². The summed E-state index contributed by atoms with van der Waals surface area (Å²) in [5.74, 6) is 0. The van der Waals surface area contributed by atoms with Gasteiger partial charge in [0.25, 0.3) is 0 Å². The largest absolute Gasteiger partial charge is 0.374 e. The second kappa shape index (κ2) is 5.62. The molecule has 17 heavy (non-hydrogen) atoms. The molecule has 1 aromatic rings. The maximum absolute atomic E-state index is 5.91. The van der Waals surface area contributed by atoms with Crippen molar-refractivity contribution in [2.45, 2.75) is 32.5 Å². The summed E-state index contributed by atoms with van der Waals surface area (Å²) in [5, 5.41) is 0. The molecular formula is C12H22N4O. The van der Waals surface area contributed by atoms with E-state index < -0.39 is 0 Å². The monoisotopic (exact) mass is 238 g/mol. The molecule has 2 rings (SSSR count). The van der Waals surface area contributed by atoms with Crippen LogP contribution in [0.1, 0.15) is 25.6 Å². The number of likely N-dealkylation sites (N-methyl/N-ethyl adjacent to an activating group) is 1. The van der Waals surface area contributed by atoms with E-state index in [2.05, 4.69) is 21.4 Å². The lowest BCUT2D eigenvalue weighted by Crippen LogP contribution is -2.44. The summed E-state index contributed by atoms with van der Waals surface area (Å²) in [6.07, 6.45) is 3.92. The van der Waals surface area contributed by atoms with Crippen LogP contribution >= 0.6 is 0 Å². The Morgan fingerprint density at radius 2 is 2.47 bits per heavy atom. The van der Waals surface area contributed by atoms with Gasteiger partial charge >= 0.3 is 0 Å². The lowest BCUT2D eigenvalue weighted by Gasteiger charge is -2.32. The van der Waals surface area contributed by atoms with Gasteiger partial charge in [0, 0.05) is 25.3 Å². The molecule has 0 saturated carbocycles. The second-order valence-corrected chi connectivity index (χ2v) is 4.65. The molecule has 1 unspecified atom stereocenters. The molecule has 2 N–H and O–H groups in total. The van der Waals surface area contributed by atoms with Crippen LogP contribution in [0.5, 0.6) is 0 Å². The number of aromatic nitrogens is 2. The number of nitrogens with zero attached hydrogens (tertiary/aromatic N) is 3. The zero-order valence-electron chi connectivity index (χ0n) is 10.7. The van der Waals surface area contributed by atoms with Crippen LogP contribution in [-0.2, 0) is 11.3 Å². The molecule has 0 radical (unpaired) electrons. The van der Waals surface area contributed by atoms with Crippen molar-refractivity contribution in [3.8, 4) is 0 Å². The Bertz CT molecular complexity index is 350. The molecule has 0 amide bonds. The maximum Gasteiger partial charge on any atom is 0.0949 e. The fourth-order valence-electron chi connectivity index (χ4n) is 2.26. The van der Waals surface area contributed by atoms with E-state index in [4.69, 9.17) is 10.5 Å². The van der Waals surface area contributed by atoms with E-state index in [1.54, 1.807) is 0 Å². The minimum Gasteiger partial charge on any atom is -0.374 e.